The summed E-state index contributed by atoms with van der Waals surface area (Å²) in [4.78, 5) is 2.52. The van der Waals surface area contributed by atoms with E-state index in [0.29, 0.717) is 0 Å². The van der Waals surface area contributed by atoms with Gasteiger partial charge in [-0.15, -0.1) is 0 Å². The Morgan fingerprint density at radius 3 is 2.50 bits per heavy atom. The van der Waals surface area contributed by atoms with E-state index in [9.17, 15) is 0 Å². The van der Waals surface area contributed by atoms with E-state index < -0.39 is 0 Å². The molecule has 4 fully saturated rings. The summed E-state index contributed by atoms with van der Waals surface area (Å²) in [7, 11) is 2.28. The predicted molar refractivity (Wildman–Crippen MR) is 74.4 cm³/mol. The highest BCUT2D eigenvalue weighted by Gasteiger charge is 2.64. The molecule has 4 rings (SSSR count). The van der Waals surface area contributed by atoms with Crippen LogP contribution >= 0.6 is 0 Å². The lowest BCUT2D eigenvalue weighted by Crippen LogP contribution is -2.44. The average Bonchev–Trinajstić information content (AvgIpc) is 2.77. The molecule has 0 aromatic heterocycles. The Kier molecular flexibility index (Phi) is 2.74. The van der Waals surface area contributed by atoms with Crippen LogP contribution < -0.4 is 5.32 Å². The Morgan fingerprint density at radius 2 is 1.83 bits per heavy atom. The lowest BCUT2D eigenvalue weighted by Gasteiger charge is -2.34. The molecule has 0 aromatic carbocycles. The van der Waals surface area contributed by atoms with Crippen LogP contribution in [0.1, 0.15) is 39.0 Å². The van der Waals surface area contributed by atoms with Crippen LogP contribution in [0, 0.1) is 29.6 Å². The van der Waals surface area contributed by atoms with Crippen LogP contribution in [0.15, 0.2) is 0 Å². The Labute approximate surface area is 111 Å². The van der Waals surface area contributed by atoms with Crippen LogP contribution in [0.4, 0.5) is 0 Å². The van der Waals surface area contributed by atoms with Gasteiger partial charge >= 0.3 is 0 Å². The smallest absolute Gasteiger partial charge is 0.0138 e. The molecular formula is C16H28N2. The summed E-state index contributed by atoms with van der Waals surface area (Å²) in [6.45, 7) is 5.06. The second-order valence-corrected chi connectivity index (χ2v) is 7.63. The Hall–Kier alpha value is -0.0800. The van der Waals surface area contributed by atoms with E-state index in [1.54, 1.807) is 19.3 Å². The first kappa shape index (κ1) is 11.7. The number of hydrogen-bond acceptors (Lipinski definition) is 2. The van der Waals surface area contributed by atoms with E-state index in [-0.39, 0.29) is 0 Å². The molecule has 1 aliphatic heterocycles. The molecule has 3 aliphatic carbocycles. The van der Waals surface area contributed by atoms with Gasteiger partial charge in [-0.25, -0.2) is 0 Å². The molecule has 1 saturated heterocycles. The van der Waals surface area contributed by atoms with Gasteiger partial charge in [0, 0.05) is 18.6 Å². The molecule has 18 heavy (non-hydrogen) atoms. The van der Waals surface area contributed by atoms with Crippen molar-refractivity contribution in [3.63, 3.8) is 0 Å². The molecule has 4 aliphatic rings. The topological polar surface area (TPSA) is 15.3 Å². The Morgan fingerprint density at radius 1 is 1.11 bits per heavy atom. The largest absolute Gasteiger partial charge is 0.311 e. The molecule has 1 heterocycles. The fourth-order valence-corrected chi connectivity index (χ4v) is 5.60. The van der Waals surface area contributed by atoms with Crippen molar-refractivity contribution >= 4 is 0 Å². The number of likely N-dealkylation sites (tertiary alicyclic amines) is 1. The maximum atomic E-state index is 4.02. The van der Waals surface area contributed by atoms with Gasteiger partial charge in [-0.3, -0.25) is 0 Å². The molecule has 102 valence electrons. The molecule has 1 N–H and O–H groups in total. The van der Waals surface area contributed by atoms with Crippen LogP contribution in [0.2, 0.25) is 0 Å². The monoisotopic (exact) mass is 248 g/mol. The summed E-state index contributed by atoms with van der Waals surface area (Å²) >= 11 is 0. The quantitative estimate of drug-likeness (QED) is 0.825. The van der Waals surface area contributed by atoms with Gasteiger partial charge in [0.05, 0.1) is 0 Å². The van der Waals surface area contributed by atoms with E-state index in [1.807, 2.05) is 0 Å². The third-order valence-corrected chi connectivity index (χ3v) is 6.56. The van der Waals surface area contributed by atoms with E-state index in [1.165, 1.54) is 25.9 Å². The molecule has 0 spiro atoms. The normalized spacial score (nSPS) is 52.3. The summed E-state index contributed by atoms with van der Waals surface area (Å²) in [6.07, 6.45) is 7.51. The minimum absolute atomic E-state index is 0.739. The standard InChI is InChI=1S/C16H28N2/c1-10(13-4-3-7-18(2)9-13)17-16-14-11-5-6-12(8-11)15(14)16/h10-17H,3-9H2,1-2H3. The van der Waals surface area contributed by atoms with Gasteiger partial charge in [0.25, 0.3) is 0 Å². The van der Waals surface area contributed by atoms with Crippen molar-refractivity contribution in [1.29, 1.82) is 0 Å². The molecule has 3 saturated carbocycles. The van der Waals surface area contributed by atoms with Crippen molar-refractivity contribution < 1.29 is 0 Å². The number of rotatable bonds is 3. The van der Waals surface area contributed by atoms with Gasteiger partial charge in [-0.1, -0.05) is 0 Å². The molecule has 0 aromatic rings. The zero-order valence-electron chi connectivity index (χ0n) is 11.9. The van der Waals surface area contributed by atoms with Gasteiger partial charge < -0.3 is 10.2 Å². The summed E-state index contributed by atoms with van der Waals surface area (Å²) in [6, 6.07) is 1.65. The minimum atomic E-state index is 0.739. The van der Waals surface area contributed by atoms with Crippen molar-refractivity contribution in [2.75, 3.05) is 20.1 Å². The van der Waals surface area contributed by atoms with Crippen LogP contribution in [-0.4, -0.2) is 37.1 Å². The van der Waals surface area contributed by atoms with Crippen LogP contribution in [0.25, 0.3) is 0 Å². The van der Waals surface area contributed by atoms with Crippen LogP contribution in [0.5, 0.6) is 0 Å². The van der Waals surface area contributed by atoms with Crippen LogP contribution in [0.3, 0.4) is 0 Å². The molecule has 0 amide bonds. The zero-order chi connectivity index (χ0) is 12.3. The summed E-state index contributed by atoms with van der Waals surface area (Å²) in [5.74, 6) is 5.29. The maximum absolute atomic E-state index is 4.02. The first-order chi connectivity index (χ1) is 8.74. The molecule has 6 unspecified atom stereocenters. The predicted octanol–water partition coefficient (Wildman–Crippen LogP) is 2.35. The number of nitrogens with one attached hydrogen (secondary N) is 1. The molecule has 2 bridgehead atoms. The first-order valence-corrected chi connectivity index (χ1v) is 8.18. The Balaban J connectivity index is 1.33. The van der Waals surface area contributed by atoms with Gasteiger partial charge in [-0.2, -0.15) is 0 Å². The van der Waals surface area contributed by atoms with Gasteiger partial charge in [-0.05, 0) is 82.2 Å². The first-order valence-electron chi connectivity index (χ1n) is 8.18. The third-order valence-electron chi connectivity index (χ3n) is 6.56. The van der Waals surface area contributed by atoms with Gasteiger partial charge in [0.1, 0.15) is 0 Å². The molecular weight excluding hydrogens is 220 g/mol. The van der Waals surface area contributed by atoms with Crippen molar-refractivity contribution in [3.05, 3.63) is 0 Å². The number of fused-ring (bicyclic) bond motifs is 5. The average molecular weight is 248 g/mol. The fourth-order valence-electron chi connectivity index (χ4n) is 5.60. The number of nitrogens with zero attached hydrogens (tertiary/aromatic N) is 1. The summed E-state index contributed by atoms with van der Waals surface area (Å²) < 4.78 is 0. The summed E-state index contributed by atoms with van der Waals surface area (Å²) in [5, 5.41) is 4.02. The molecule has 6 atom stereocenters. The second-order valence-electron chi connectivity index (χ2n) is 7.63. The van der Waals surface area contributed by atoms with Gasteiger partial charge in [0.15, 0.2) is 0 Å². The lowest BCUT2D eigenvalue weighted by molar-refractivity contribution is 0.175. The number of hydrogen-bond donors (Lipinski definition) is 1. The van der Waals surface area contributed by atoms with Crippen molar-refractivity contribution in [3.8, 4) is 0 Å². The zero-order valence-corrected chi connectivity index (χ0v) is 11.9. The number of piperidine rings is 1. The minimum Gasteiger partial charge on any atom is -0.311 e. The maximum Gasteiger partial charge on any atom is 0.0138 e. The van der Waals surface area contributed by atoms with E-state index in [2.05, 4.69) is 24.2 Å². The van der Waals surface area contributed by atoms with E-state index >= 15 is 0 Å². The lowest BCUT2D eigenvalue weighted by atomic mass is 9.91. The van der Waals surface area contributed by atoms with Gasteiger partial charge in [0.2, 0.25) is 0 Å². The fraction of sp³-hybridized carbons (Fsp3) is 1.00. The van der Waals surface area contributed by atoms with E-state index in [0.717, 1.165) is 41.7 Å². The van der Waals surface area contributed by atoms with Crippen LogP contribution in [-0.2, 0) is 0 Å². The van der Waals surface area contributed by atoms with E-state index in [4.69, 9.17) is 0 Å². The SMILES string of the molecule is CC(NC1C2C3CCC(C3)C12)C1CCCN(C)C1. The molecule has 0 radical (unpaired) electrons. The highest BCUT2D eigenvalue weighted by atomic mass is 15.1. The molecule has 2 nitrogen and oxygen atoms in total. The summed E-state index contributed by atoms with van der Waals surface area (Å²) in [5.41, 5.74) is 0. The van der Waals surface area contributed by atoms with Crippen molar-refractivity contribution in [2.45, 2.75) is 51.1 Å². The van der Waals surface area contributed by atoms with Crippen molar-refractivity contribution in [1.82, 2.24) is 10.2 Å². The third kappa shape index (κ3) is 1.76. The second kappa shape index (κ2) is 4.21. The van der Waals surface area contributed by atoms with Crippen molar-refractivity contribution in [2.24, 2.45) is 29.6 Å². The molecule has 2 heteroatoms. The Bertz CT molecular complexity index is 313. The highest BCUT2D eigenvalue weighted by molar-refractivity contribution is 5.17. The highest BCUT2D eigenvalue weighted by Crippen LogP contribution is 2.65.